The summed E-state index contributed by atoms with van der Waals surface area (Å²) in [6.45, 7) is 0.610. The Kier molecular flexibility index (Phi) is 7.10. The van der Waals surface area contributed by atoms with E-state index >= 15 is 0 Å². The number of amides is 2. The van der Waals surface area contributed by atoms with Crippen molar-refractivity contribution in [3.63, 3.8) is 0 Å². The summed E-state index contributed by atoms with van der Waals surface area (Å²) in [4.78, 5) is 25.6. The minimum absolute atomic E-state index is 0. The lowest BCUT2D eigenvalue weighted by Crippen LogP contribution is -2.49. The number of likely N-dealkylation sites (tertiary alicyclic amines) is 1. The number of hydrogen-bond acceptors (Lipinski definition) is 3. The largest absolute Gasteiger partial charge is 0.348 e. The highest BCUT2D eigenvalue weighted by molar-refractivity contribution is 5.90. The molecular weight excluding hydrogens is 340 g/mol. The molecule has 1 atom stereocenters. The maximum atomic E-state index is 13.1. The molecule has 1 unspecified atom stereocenters. The lowest BCUT2D eigenvalue weighted by Gasteiger charge is -2.25. The summed E-state index contributed by atoms with van der Waals surface area (Å²) < 4.78 is 26.3. The van der Waals surface area contributed by atoms with Gasteiger partial charge in [0.15, 0.2) is 0 Å². The second kappa shape index (κ2) is 8.39. The topological polar surface area (TPSA) is 75.4 Å². The van der Waals surface area contributed by atoms with Gasteiger partial charge in [-0.25, -0.2) is 8.78 Å². The monoisotopic (exact) mass is 361 g/mol. The third kappa shape index (κ3) is 5.14. The van der Waals surface area contributed by atoms with E-state index in [0.717, 1.165) is 11.1 Å². The first-order chi connectivity index (χ1) is 10.8. The zero-order valence-corrected chi connectivity index (χ0v) is 14.2. The number of nitrogens with zero attached hydrogens (tertiary/aromatic N) is 1. The van der Waals surface area contributed by atoms with Gasteiger partial charge in [0.1, 0.15) is 6.04 Å². The molecular formula is C16H22ClF2N3O2. The van der Waals surface area contributed by atoms with Crippen molar-refractivity contribution in [2.24, 2.45) is 5.73 Å². The molecule has 1 aromatic rings. The fourth-order valence-corrected chi connectivity index (χ4v) is 2.50. The molecule has 1 aromatic carbocycles. The second-order valence-corrected chi connectivity index (χ2v) is 5.84. The highest BCUT2D eigenvalue weighted by atomic mass is 35.5. The third-order valence-corrected chi connectivity index (χ3v) is 3.92. The number of halogens is 3. The first-order valence-corrected chi connectivity index (χ1v) is 7.53. The van der Waals surface area contributed by atoms with E-state index in [2.05, 4.69) is 5.32 Å². The van der Waals surface area contributed by atoms with Crippen LogP contribution >= 0.6 is 12.4 Å². The van der Waals surface area contributed by atoms with E-state index in [0.29, 0.717) is 13.0 Å². The zero-order chi connectivity index (χ0) is 17.0. The lowest BCUT2D eigenvalue weighted by molar-refractivity contribution is -0.136. The summed E-state index contributed by atoms with van der Waals surface area (Å²) in [6.07, 6.45) is 0.585. The summed E-state index contributed by atoms with van der Waals surface area (Å²) >= 11 is 0. The minimum atomic E-state index is -3.14. The van der Waals surface area contributed by atoms with E-state index in [9.17, 15) is 18.4 Å². The predicted octanol–water partition coefficient (Wildman–Crippen LogP) is 1.62. The molecule has 0 radical (unpaired) electrons. The maximum absolute atomic E-state index is 13.1. The molecule has 0 spiro atoms. The highest BCUT2D eigenvalue weighted by Gasteiger charge is 2.37. The van der Waals surface area contributed by atoms with Gasteiger partial charge in [-0.2, -0.15) is 0 Å². The summed E-state index contributed by atoms with van der Waals surface area (Å²) in [6, 6.07) is 6.91. The molecule has 0 bridgehead atoms. The average molecular weight is 362 g/mol. The minimum Gasteiger partial charge on any atom is -0.348 e. The number of nitrogens with one attached hydrogen (secondary N) is 1. The number of rotatable bonds is 6. The quantitative estimate of drug-likeness (QED) is 0.808. The lowest BCUT2D eigenvalue weighted by atomic mass is 10.1. The van der Waals surface area contributed by atoms with Crippen LogP contribution in [0.15, 0.2) is 24.3 Å². The van der Waals surface area contributed by atoms with Gasteiger partial charge in [-0.1, -0.05) is 29.8 Å². The van der Waals surface area contributed by atoms with Crippen LogP contribution in [0.4, 0.5) is 8.78 Å². The molecule has 1 heterocycles. The Morgan fingerprint density at radius 3 is 2.58 bits per heavy atom. The molecule has 1 saturated heterocycles. The van der Waals surface area contributed by atoms with Crippen molar-refractivity contribution in [1.82, 2.24) is 10.2 Å². The van der Waals surface area contributed by atoms with Crippen LogP contribution in [0.1, 0.15) is 24.0 Å². The summed E-state index contributed by atoms with van der Waals surface area (Å²) in [7, 11) is 0. The van der Waals surface area contributed by atoms with Crippen LogP contribution in [0.3, 0.4) is 0 Å². The van der Waals surface area contributed by atoms with Gasteiger partial charge in [-0.15, -0.1) is 12.4 Å². The van der Waals surface area contributed by atoms with Crippen molar-refractivity contribution in [2.45, 2.75) is 38.3 Å². The molecule has 5 nitrogen and oxygen atoms in total. The molecule has 0 aliphatic carbocycles. The molecule has 0 saturated carbocycles. The van der Waals surface area contributed by atoms with Crippen LogP contribution in [-0.4, -0.2) is 41.8 Å². The Morgan fingerprint density at radius 1 is 1.38 bits per heavy atom. The van der Waals surface area contributed by atoms with Crippen molar-refractivity contribution in [2.75, 3.05) is 13.1 Å². The highest BCUT2D eigenvalue weighted by Crippen LogP contribution is 2.22. The molecule has 3 N–H and O–H groups in total. The Hall–Kier alpha value is -1.73. The number of benzene rings is 1. The standard InChI is InChI=1S/C16H21F2N3O2.ClH/c1-11-2-4-12(5-3-11)8-21-13(6-7-14(21)22)15(23)20-10-16(17,18)9-19;/h2-5,13H,6-10,19H2,1H3,(H,20,23);1H. The molecule has 0 aromatic heterocycles. The van der Waals surface area contributed by atoms with Gasteiger partial charge < -0.3 is 16.0 Å². The summed E-state index contributed by atoms with van der Waals surface area (Å²) in [5.41, 5.74) is 6.94. The van der Waals surface area contributed by atoms with E-state index in [-0.39, 0.29) is 24.7 Å². The predicted molar refractivity (Wildman–Crippen MR) is 89.0 cm³/mol. The number of aryl methyl sites for hydroxylation is 1. The number of carbonyl (C=O) groups excluding carboxylic acids is 2. The molecule has 1 fully saturated rings. The smallest absolute Gasteiger partial charge is 0.277 e. The third-order valence-electron chi connectivity index (χ3n) is 3.92. The Morgan fingerprint density at radius 2 is 2.00 bits per heavy atom. The van der Waals surface area contributed by atoms with E-state index in [1.54, 1.807) is 0 Å². The Labute approximate surface area is 146 Å². The molecule has 1 aliphatic rings. The number of hydrogen-bond donors (Lipinski definition) is 2. The number of carbonyl (C=O) groups is 2. The Bertz CT molecular complexity index is 581. The van der Waals surface area contributed by atoms with Crippen molar-refractivity contribution in [3.8, 4) is 0 Å². The van der Waals surface area contributed by atoms with Crippen molar-refractivity contribution in [1.29, 1.82) is 0 Å². The second-order valence-electron chi connectivity index (χ2n) is 5.84. The Balaban J connectivity index is 0.00000288. The van der Waals surface area contributed by atoms with Crippen LogP contribution in [0.2, 0.25) is 0 Å². The molecule has 8 heteroatoms. The van der Waals surface area contributed by atoms with Crippen LogP contribution in [0.25, 0.3) is 0 Å². The van der Waals surface area contributed by atoms with Crippen molar-refractivity contribution < 1.29 is 18.4 Å². The van der Waals surface area contributed by atoms with Gasteiger partial charge >= 0.3 is 0 Å². The van der Waals surface area contributed by atoms with Gasteiger partial charge in [0, 0.05) is 13.0 Å². The SMILES string of the molecule is Cc1ccc(CN2C(=O)CCC2C(=O)NCC(F)(F)CN)cc1.Cl. The van der Waals surface area contributed by atoms with Gasteiger partial charge in [-0.3, -0.25) is 9.59 Å². The van der Waals surface area contributed by atoms with Crippen molar-refractivity contribution >= 4 is 24.2 Å². The van der Waals surface area contributed by atoms with E-state index in [1.165, 1.54) is 4.90 Å². The number of nitrogens with two attached hydrogens (primary N) is 1. The summed E-state index contributed by atoms with van der Waals surface area (Å²) in [5, 5.41) is 2.20. The first-order valence-electron chi connectivity index (χ1n) is 7.53. The normalized spacial score (nSPS) is 17.6. The first kappa shape index (κ1) is 20.3. The molecule has 1 aliphatic heterocycles. The average Bonchev–Trinajstić information content (AvgIpc) is 2.88. The van der Waals surface area contributed by atoms with E-state index in [1.807, 2.05) is 31.2 Å². The van der Waals surface area contributed by atoms with Gasteiger partial charge in [0.05, 0.1) is 13.1 Å². The van der Waals surface area contributed by atoms with E-state index < -0.39 is 31.0 Å². The zero-order valence-electron chi connectivity index (χ0n) is 13.4. The fourth-order valence-electron chi connectivity index (χ4n) is 2.50. The van der Waals surface area contributed by atoms with Crippen LogP contribution in [0, 0.1) is 6.92 Å². The molecule has 134 valence electrons. The van der Waals surface area contributed by atoms with Gasteiger partial charge in [0.25, 0.3) is 5.92 Å². The van der Waals surface area contributed by atoms with Crippen LogP contribution < -0.4 is 11.1 Å². The maximum Gasteiger partial charge on any atom is 0.277 e. The van der Waals surface area contributed by atoms with E-state index in [4.69, 9.17) is 5.73 Å². The van der Waals surface area contributed by atoms with Crippen molar-refractivity contribution in [3.05, 3.63) is 35.4 Å². The fraction of sp³-hybridized carbons (Fsp3) is 0.500. The molecule has 2 amide bonds. The van der Waals surface area contributed by atoms with Crippen LogP contribution in [-0.2, 0) is 16.1 Å². The number of alkyl halides is 2. The van der Waals surface area contributed by atoms with Crippen LogP contribution in [0.5, 0.6) is 0 Å². The van der Waals surface area contributed by atoms with Gasteiger partial charge in [-0.05, 0) is 18.9 Å². The molecule has 2 rings (SSSR count). The summed E-state index contributed by atoms with van der Waals surface area (Å²) in [5.74, 6) is -3.84. The molecule has 24 heavy (non-hydrogen) atoms. The van der Waals surface area contributed by atoms with Gasteiger partial charge in [0.2, 0.25) is 11.8 Å².